The normalized spacial score (nSPS) is 24.8. The summed E-state index contributed by atoms with van der Waals surface area (Å²) in [5.74, 6) is 1.78. The maximum Gasteiger partial charge on any atom is 0.466 e. The van der Waals surface area contributed by atoms with Gasteiger partial charge in [0.1, 0.15) is 5.75 Å². The van der Waals surface area contributed by atoms with E-state index in [0.29, 0.717) is 5.92 Å². The highest BCUT2D eigenvalue weighted by molar-refractivity contribution is 6.47. The van der Waals surface area contributed by atoms with Crippen molar-refractivity contribution in [3.05, 3.63) is 29.8 Å². The van der Waals surface area contributed by atoms with Crippen LogP contribution in [0.5, 0.6) is 5.75 Å². The summed E-state index contributed by atoms with van der Waals surface area (Å²) in [6.45, 7) is 8.54. The SMILES string of the molecule is COc1cccc(C(B2OC(C)(C)C(C)(C)O2)C2CCCCC2)c1. The predicted molar refractivity (Wildman–Crippen MR) is 98.4 cm³/mol. The van der Waals surface area contributed by atoms with E-state index >= 15 is 0 Å². The topological polar surface area (TPSA) is 27.7 Å². The minimum atomic E-state index is -0.288. The Morgan fingerprint density at radius 1 is 1.04 bits per heavy atom. The van der Waals surface area contributed by atoms with E-state index in [-0.39, 0.29) is 24.1 Å². The van der Waals surface area contributed by atoms with Crippen LogP contribution in [0.4, 0.5) is 0 Å². The smallest absolute Gasteiger partial charge is 0.466 e. The summed E-state index contributed by atoms with van der Waals surface area (Å²) in [6, 6.07) is 8.44. The Bertz CT molecular complexity index is 548. The van der Waals surface area contributed by atoms with Crippen molar-refractivity contribution in [2.45, 2.75) is 76.8 Å². The first kappa shape index (κ1) is 17.8. The number of rotatable bonds is 4. The quantitative estimate of drug-likeness (QED) is 0.728. The molecule has 3 rings (SSSR count). The molecular formula is C20H31BO3. The molecule has 2 aliphatic rings. The highest BCUT2D eigenvalue weighted by Crippen LogP contribution is 2.46. The summed E-state index contributed by atoms with van der Waals surface area (Å²) in [4.78, 5) is 0. The zero-order chi connectivity index (χ0) is 17.4. The second-order valence-corrected chi connectivity index (χ2v) is 8.33. The lowest BCUT2D eigenvalue weighted by Gasteiger charge is -2.32. The molecular weight excluding hydrogens is 299 g/mol. The first-order valence-electron chi connectivity index (χ1n) is 9.34. The standard InChI is InChI=1S/C20H31BO3/c1-19(2)20(3,4)24-21(23-19)18(15-10-7-6-8-11-15)16-12-9-13-17(14-16)22-5/h9,12-15,18H,6-8,10-11H2,1-5H3. The van der Waals surface area contributed by atoms with Gasteiger partial charge in [-0.05, 0) is 51.3 Å². The van der Waals surface area contributed by atoms with Crippen LogP contribution in [0.15, 0.2) is 24.3 Å². The lowest BCUT2D eigenvalue weighted by molar-refractivity contribution is 0.00578. The number of hydrogen-bond donors (Lipinski definition) is 0. The Balaban J connectivity index is 1.93. The molecule has 1 aromatic rings. The molecule has 1 heterocycles. The second kappa shape index (κ2) is 6.72. The van der Waals surface area contributed by atoms with Crippen LogP contribution < -0.4 is 4.74 Å². The van der Waals surface area contributed by atoms with E-state index in [1.807, 2.05) is 6.07 Å². The molecule has 1 aliphatic carbocycles. The van der Waals surface area contributed by atoms with Crippen LogP contribution in [-0.4, -0.2) is 25.4 Å². The minimum absolute atomic E-state index is 0.190. The Kier molecular flexibility index (Phi) is 4.99. The van der Waals surface area contributed by atoms with E-state index in [1.165, 1.54) is 37.7 Å². The van der Waals surface area contributed by atoms with Crippen molar-refractivity contribution in [3.63, 3.8) is 0 Å². The van der Waals surface area contributed by atoms with Crippen molar-refractivity contribution in [2.24, 2.45) is 5.92 Å². The van der Waals surface area contributed by atoms with Gasteiger partial charge >= 0.3 is 7.12 Å². The van der Waals surface area contributed by atoms with Gasteiger partial charge in [0.25, 0.3) is 0 Å². The third-order valence-electron chi connectivity index (χ3n) is 6.20. The molecule has 2 fully saturated rings. The third kappa shape index (κ3) is 3.36. The van der Waals surface area contributed by atoms with Crippen LogP contribution >= 0.6 is 0 Å². The summed E-state index contributed by atoms with van der Waals surface area (Å²) in [6.07, 6.45) is 6.48. The third-order valence-corrected chi connectivity index (χ3v) is 6.20. The highest BCUT2D eigenvalue weighted by Gasteiger charge is 2.55. The zero-order valence-electron chi connectivity index (χ0n) is 15.8. The van der Waals surface area contributed by atoms with Gasteiger partial charge in [0, 0.05) is 5.82 Å². The van der Waals surface area contributed by atoms with Crippen LogP contribution in [-0.2, 0) is 9.31 Å². The van der Waals surface area contributed by atoms with Gasteiger partial charge in [-0.15, -0.1) is 0 Å². The molecule has 1 aromatic carbocycles. The maximum atomic E-state index is 6.44. The molecule has 0 spiro atoms. The lowest BCUT2D eigenvalue weighted by Crippen LogP contribution is -2.41. The number of ether oxygens (including phenoxy) is 1. The van der Waals surface area contributed by atoms with E-state index in [1.54, 1.807) is 7.11 Å². The molecule has 1 saturated heterocycles. The van der Waals surface area contributed by atoms with Gasteiger partial charge < -0.3 is 14.0 Å². The van der Waals surface area contributed by atoms with Crippen molar-refractivity contribution in [1.29, 1.82) is 0 Å². The van der Waals surface area contributed by atoms with Crippen LogP contribution in [0, 0.1) is 5.92 Å². The molecule has 0 aromatic heterocycles. The van der Waals surface area contributed by atoms with Crippen molar-refractivity contribution in [3.8, 4) is 5.75 Å². The van der Waals surface area contributed by atoms with Gasteiger partial charge in [-0.2, -0.15) is 0 Å². The summed E-state index contributed by atoms with van der Waals surface area (Å²) in [5.41, 5.74) is 0.701. The summed E-state index contributed by atoms with van der Waals surface area (Å²) in [7, 11) is 1.54. The highest BCUT2D eigenvalue weighted by atomic mass is 16.7. The second-order valence-electron chi connectivity index (χ2n) is 8.33. The molecule has 24 heavy (non-hydrogen) atoms. The summed E-state index contributed by atoms with van der Waals surface area (Å²) >= 11 is 0. The van der Waals surface area contributed by atoms with Gasteiger partial charge in [-0.3, -0.25) is 0 Å². The molecule has 3 nitrogen and oxygen atoms in total. The molecule has 1 unspecified atom stereocenters. The van der Waals surface area contributed by atoms with Crippen molar-refractivity contribution in [2.75, 3.05) is 7.11 Å². The summed E-state index contributed by atoms with van der Waals surface area (Å²) in [5, 5.41) is 0. The largest absolute Gasteiger partial charge is 0.497 e. The van der Waals surface area contributed by atoms with Gasteiger partial charge in [-0.25, -0.2) is 0 Å². The molecule has 0 amide bonds. The molecule has 1 aliphatic heterocycles. The Morgan fingerprint density at radius 3 is 2.25 bits per heavy atom. The fourth-order valence-electron chi connectivity index (χ4n) is 4.03. The maximum absolute atomic E-state index is 6.44. The Morgan fingerprint density at radius 2 is 1.67 bits per heavy atom. The number of hydrogen-bond acceptors (Lipinski definition) is 3. The lowest BCUT2D eigenvalue weighted by atomic mass is 9.58. The first-order chi connectivity index (χ1) is 11.3. The van der Waals surface area contributed by atoms with Gasteiger partial charge in [0.15, 0.2) is 0 Å². The monoisotopic (exact) mass is 330 g/mol. The molecule has 0 N–H and O–H groups in total. The molecule has 1 saturated carbocycles. The number of benzene rings is 1. The van der Waals surface area contributed by atoms with Crippen molar-refractivity contribution in [1.82, 2.24) is 0 Å². The van der Waals surface area contributed by atoms with E-state index < -0.39 is 0 Å². The molecule has 4 heteroatoms. The molecule has 0 bridgehead atoms. The molecule has 0 radical (unpaired) electrons. The van der Waals surface area contributed by atoms with Gasteiger partial charge in [0.2, 0.25) is 0 Å². The van der Waals surface area contributed by atoms with Crippen LogP contribution in [0.2, 0.25) is 0 Å². The Hall–Kier alpha value is -0.995. The molecule has 1 atom stereocenters. The average Bonchev–Trinajstić information content (AvgIpc) is 2.76. The minimum Gasteiger partial charge on any atom is -0.497 e. The van der Waals surface area contributed by atoms with E-state index in [0.717, 1.165) is 5.75 Å². The fourth-order valence-corrected chi connectivity index (χ4v) is 4.03. The van der Waals surface area contributed by atoms with Crippen LogP contribution in [0.1, 0.15) is 71.2 Å². The van der Waals surface area contributed by atoms with E-state index in [2.05, 4.69) is 45.9 Å². The molecule has 132 valence electrons. The van der Waals surface area contributed by atoms with Gasteiger partial charge in [-0.1, -0.05) is 44.2 Å². The van der Waals surface area contributed by atoms with Crippen molar-refractivity contribution >= 4 is 7.12 Å². The Labute approximate surface area is 147 Å². The van der Waals surface area contributed by atoms with Crippen molar-refractivity contribution < 1.29 is 14.0 Å². The van der Waals surface area contributed by atoms with Gasteiger partial charge in [0.05, 0.1) is 18.3 Å². The fraction of sp³-hybridized carbons (Fsp3) is 0.700. The zero-order valence-corrected chi connectivity index (χ0v) is 15.8. The number of methoxy groups -OCH3 is 1. The van der Waals surface area contributed by atoms with E-state index in [9.17, 15) is 0 Å². The van der Waals surface area contributed by atoms with Crippen LogP contribution in [0.25, 0.3) is 0 Å². The average molecular weight is 330 g/mol. The summed E-state index contributed by atoms with van der Waals surface area (Å²) < 4.78 is 18.3. The van der Waals surface area contributed by atoms with Crippen LogP contribution in [0.3, 0.4) is 0 Å². The first-order valence-corrected chi connectivity index (χ1v) is 9.34. The van der Waals surface area contributed by atoms with E-state index in [4.69, 9.17) is 14.0 Å². The predicted octanol–water partition coefficient (Wildman–Crippen LogP) is 4.99.